The number of likely N-dealkylation sites (tertiary alicyclic amines) is 1. The van der Waals surface area contributed by atoms with Gasteiger partial charge < -0.3 is 21.7 Å². The molecule has 0 spiro atoms. The Kier molecular flexibility index (Phi) is 6.30. The minimum Gasteiger partial charge on any atom is -0.480 e. The van der Waals surface area contributed by atoms with Gasteiger partial charge in [0.15, 0.2) is 0 Å². The lowest BCUT2D eigenvalue weighted by Crippen LogP contribution is -2.52. The van der Waals surface area contributed by atoms with Crippen molar-refractivity contribution in [2.24, 2.45) is 11.5 Å². The van der Waals surface area contributed by atoms with Gasteiger partial charge in [0.2, 0.25) is 5.91 Å². The van der Waals surface area contributed by atoms with Crippen molar-refractivity contribution in [1.29, 1.82) is 0 Å². The smallest absolute Gasteiger partial charge is 0.320 e. The van der Waals surface area contributed by atoms with E-state index in [1.807, 2.05) is 30.3 Å². The van der Waals surface area contributed by atoms with Crippen LogP contribution in [0.1, 0.15) is 24.8 Å². The zero-order valence-corrected chi connectivity index (χ0v) is 13.5. The molecule has 7 heteroatoms. The van der Waals surface area contributed by atoms with Crippen LogP contribution < -0.4 is 11.5 Å². The molecule has 2 rings (SSSR count). The van der Waals surface area contributed by atoms with Crippen LogP contribution in [0.5, 0.6) is 0 Å². The van der Waals surface area contributed by atoms with Gasteiger partial charge in [0.25, 0.3) is 0 Å². The predicted octanol–water partition coefficient (Wildman–Crippen LogP) is -0.290. The Morgan fingerprint density at radius 1 is 1.29 bits per heavy atom. The van der Waals surface area contributed by atoms with Gasteiger partial charge >= 0.3 is 5.97 Å². The minimum absolute atomic E-state index is 0.0348. The summed E-state index contributed by atoms with van der Waals surface area (Å²) < 4.78 is 0. The fourth-order valence-electron chi connectivity index (χ4n) is 3.27. The van der Waals surface area contributed by atoms with E-state index in [9.17, 15) is 19.8 Å². The molecule has 1 heterocycles. The summed E-state index contributed by atoms with van der Waals surface area (Å²) in [6.45, 7) is 0.477. The minimum atomic E-state index is -0.971. The van der Waals surface area contributed by atoms with Crippen molar-refractivity contribution in [3.05, 3.63) is 35.9 Å². The van der Waals surface area contributed by atoms with Gasteiger partial charge in [0, 0.05) is 6.04 Å². The van der Waals surface area contributed by atoms with Crippen LogP contribution in [0.2, 0.25) is 0 Å². The van der Waals surface area contributed by atoms with Gasteiger partial charge in [-0.25, -0.2) is 0 Å². The van der Waals surface area contributed by atoms with Crippen molar-refractivity contribution in [2.45, 2.75) is 49.9 Å². The number of carbonyl (C=O) groups is 2. The molecule has 1 aliphatic rings. The third kappa shape index (κ3) is 4.53. The maximum absolute atomic E-state index is 11.8. The number of aliphatic hydroxyl groups excluding tert-OH is 1. The van der Waals surface area contributed by atoms with Crippen LogP contribution in [0.25, 0.3) is 0 Å². The normalized spacial score (nSPS) is 22.0. The Labute approximate surface area is 141 Å². The highest BCUT2D eigenvalue weighted by molar-refractivity contribution is 5.82. The molecule has 1 amide bonds. The summed E-state index contributed by atoms with van der Waals surface area (Å²) in [7, 11) is 0. The molecule has 6 N–H and O–H groups in total. The van der Waals surface area contributed by atoms with Crippen molar-refractivity contribution < 1.29 is 19.8 Å². The Bertz CT molecular complexity index is 566. The molecule has 7 nitrogen and oxygen atoms in total. The molecule has 2 unspecified atom stereocenters. The number of nitrogens with zero attached hydrogens (tertiary/aromatic N) is 1. The average Bonchev–Trinajstić information content (AvgIpc) is 3.02. The Morgan fingerprint density at radius 2 is 1.96 bits per heavy atom. The second kappa shape index (κ2) is 8.23. The van der Waals surface area contributed by atoms with Crippen LogP contribution in [0.15, 0.2) is 30.3 Å². The van der Waals surface area contributed by atoms with Gasteiger partial charge in [-0.2, -0.15) is 0 Å². The molecule has 1 aliphatic heterocycles. The largest absolute Gasteiger partial charge is 0.480 e. The lowest BCUT2D eigenvalue weighted by Gasteiger charge is -2.31. The summed E-state index contributed by atoms with van der Waals surface area (Å²) in [6.07, 6.45) is 0.721. The highest BCUT2D eigenvalue weighted by Gasteiger charge is 2.39. The van der Waals surface area contributed by atoms with Crippen molar-refractivity contribution in [3.8, 4) is 0 Å². The van der Waals surface area contributed by atoms with Gasteiger partial charge in [0.05, 0.1) is 12.1 Å². The zero-order chi connectivity index (χ0) is 17.7. The number of hydrogen-bond acceptors (Lipinski definition) is 5. The number of rotatable bonds is 8. The zero-order valence-electron chi connectivity index (χ0n) is 13.5. The number of aliphatic hydroxyl groups is 1. The highest BCUT2D eigenvalue weighted by atomic mass is 16.4. The third-order valence-corrected chi connectivity index (χ3v) is 4.58. The Morgan fingerprint density at radius 3 is 2.54 bits per heavy atom. The average molecular weight is 335 g/mol. The Hall–Kier alpha value is -1.96. The second-order valence-corrected chi connectivity index (χ2v) is 6.31. The summed E-state index contributed by atoms with van der Waals surface area (Å²) in [5.41, 5.74) is 12.5. The number of carboxylic acids is 1. The van der Waals surface area contributed by atoms with Crippen LogP contribution >= 0.6 is 0 Å². The molecule has 0 radical (unpaired) electrons. The maximum Gasteiger partial charge on any atom is 0.320 e. The quantitative estimate of drug-likeness (QED) is 0.516. The van der Waals surface area contributed by atoms with Crippen molar-refractivity contribution >= 4 is 11.9 Å². The molecule has 0 aromatic heterocycles. The standard InChI is InChI=1S/C17H25N3O4/c18-12(9-11-5-2-1-3-6-11)15(21)10-14(16(19)22)20-8-4-7-13(20)17(23)24/h1-3,5-6,12-15,21H,4,7-10,18H2,(H2,19,22)(H,23,24)/t12-,13?,14?,15+/m1/s1. The number of carbonyl (C=O) groups excluding carboxylic acids is 1. The predicted molar refractivity (Wildman–Crippen MR) is 89.1 cm³/mol. The van der Waals surface area contributed by atoms with E-state index in [0.29, 0.717) is 25.8 Å². The van der Waals surface area contributed by atoms with E-state index in [1.54, 1.807) is 4.90 Å². The second-order valence-electron chi connectivity index (χ2n) is 6.31. The first-order valence-corrected chi connectivity index (χ1v) is 8.15. The molecule has 1 aromatic carbocycles. The van der Waals surface area contributed by atoms with Crippen LogP contribution in [0.4, 0.5) is 0 Å². The first kappa shape index (κ1) is 18.4. The number of aliphatic carboxylic acids is 1. The number of nitrogens with two attached hydrogens (primary N) is 2. The monoisotopic (exact) mass is 335 g/mol. The number of hydrogen-bond donors (Lipinski definition) is 4. The van der Waals surface area contributed by atoms with Gasteiger partial charge in [-0.15, -0.1) is 0 Å². The topological polar surface area (TPSA) is 130 Å². The molecule has 132 valence electrons. The molecule has 1 saturated heterocycles. The van der Waals surface area contributed by atoms with Gasteiger partial charge in [-0.3, -0.25) is 14.5 Å². The first-order chi connectivity index (χ1) is 11.4. The van der Waals surface area contributed by atoms with Crippen molar-refractivity contribution in [2.75, 3.05) is 6.54 Å². The summed E-state index contributed by atoms with van der Waals surface area (Å²) >= 11 is 0. The number of benzene rings is 1. The molecule has 24 heavy (non-hydrogen) atoms. The Balaban J connectivity index is 2.01. The van der Waals surface area contributed by atoms with E-state index in [1.165, 1.54) is 0 Å². The van der Waals surface area contributed by atoms with Crippen LogP contribution in [0, 0.1) is 0 Å². The van der Waals surface area contributed by atoms with E-state index in [0.717, 1.165) is 5.56 Å². The summed E-state index contributed by atoms with van der Waals surface area (Å²) in [5, 5.41) is 19.6. The molecule has 0 saturated carbocycles. The SMILES string of the molecule is NC(=O)C(C[C@H](O)[C@H](N)Cc1ccccc1)N1CCCC1C(=O)O. The van der Waals surface area contributed by atoms with Crippen LogP contribution in [0.3, 0.4) is 0 Å². The molecule has 1 aromatic rings. The van der Waals surface area contributed by atoms with E-state index < -0.39 is 36.1 Å². The van der Waals surface area contributed by atoms with Crippen LogP contribution in [-0.4, -0.2) is 57.8 Å². The molecule has 0 bridgehead atoms. The summed E-state index contributed by atoms with van der Waals surface area (Å²) in [4.78, 5) is 24.7. The first-order valence-electron chi connectivity index (χ1n) is 8.15. The molecule has 4 atom stereocenters. The van der Waals surface area contributed by atoms with E-state index in [4.69, 9.17) is 11.5 Å². The molecular weight excluding hydrogens is 310 g/mol. The number of carboxylic acid groups (broad SMARTS) is 1. The molecule has 0 aliphatic carbocycles. The van der Waals surface area contributed by atoms with E-state index >= 15 is 0 Å². The third-order valence-electron chi connectivity index (χ3n) is 4.58. The van der Waals surface area contributed by atoms with Crippen LogP contribution in [-0.2, 0) is 16.0 Å². The summed E-state index contributed by atoms with van der Waals surface area (Å²) in [5.74, 6) is -1.60. The molecule has 1 fully saturated rings. The van der Waals surface area contributed by atoms with Gasteiger partial charge in [0.1, 0.15) is 6.04 Å². The van der Waals surface area contributed by atoms with E-state index in [2.05, 4.69) is 0 Å². The highest BCUT2D eigenvalue weighted by Crippen LogP contribution is 2.23. The lowest BCUT2D eigenvalue weighted by molar-refractivity contribution is -0.144. The number of primary amides is 1. The fraction of sp³-hybridized carbons (Fsp3) is 0.529. The lowest BCUT2D eigenvalue weighted by atomic mass is 9.96. The summed E-state index contributed by atoms with van der Waals surface area (Å²) in [6, 6.07) is 7.39. The van der Waals surface area contributed by atoms with Crippen molar-refractivity contribution in [1.82, 2.24) is 4.90 Å². The van der Waals surface area contributed by atoms with E-state index in [-0.39, 0.29) is 6.42 Å². The van der Waals surface area contributed by atoms with Gasteiger partial charge in [-0.1, -0.05) is 30.3 Å². The van der Waals surface area contributed by atoms with Gasteiger partial charge in [-0.05, 0) is 37.8 Å². The maximum atomic E-state index is 11.8. The fourth-order valence-corrected chi connectivity index (χ4v) is 3.27. The molecular formula is C17H25N3O4. The van der Waals surface area contributed by atoms with Crippen molar-refractivity contribution in [3.63, 3.8) is 0 Å². The number of amides is 1.